The average Bonchev–Trinajstić information content (AvgIpc) is 2.22. The number of aliphatic carboxylic acids is 1. The summed E-state index contributed by atoms with van der Waals surface area (Å²) in [4.78, 5) is 21.9. The van der Waals surface area contributed by atoms with Crippen molar-refractivity contribution in [1.82, 2.24) is 5.32 Å². The second-order valence-electron chi connectivity index (χ2n) is 4.17. The number of carbonyl (C=O) groups excluding carboxylic acids is 1. The fourth-order valence-corrected chi connectivity index (χ4v) is 1.35. The topological polar surface area (TPSA) is 92.4 Å². The van der Waals surface area contributed by atoms with Crippen molar-refractivity contribution in [3.05, 3.63) is 0 Å². The maximum Gasteiger partial charge on any atom is 0.303 e. The summed E-state index contributed by atoms with van der Waals surface area (Å²) in [5.74, 6) is -0.917. The van der Waals surface area contributed by atoms with Gasteiger partial charge in [0.15, 0.2) is 0 Å². The van der Waals surface area contributed by atoms with Crippen LogP contribution in [0.25, 0.3) is 0 Å². The SMILES string of the molecule is CC(CCC(=O)O)NC(=O)C(C)CCCN. The van der Waals surface area contributed by atoms with Crippen LogP contribution in [0.5, 0.6) is 0 Å². The molecule has 16 heavy (non-hydrogen) atoms. The van der Waals surface area contributed by atoms with E-state index in [2.05, 4.69) is 5.32 Å². The number of carboxylic acids is 1. The molecule has 0 aromatic rings. The molecule has 5 heteroatoms. The van der Waals surface area contributed by atoms with Gasteiger partial charge >= 0.3 is 5.97 Å². The van der Waals surface area contributed by atoms with Gasteiger partial charge in [-0.3, -0.25) is 9.59 Å². The Hall–Kier alpha value is -1.10. The lowest BCUT2D eigenvalue weighted by atomic mass is 10.0. The predicted molar refractivity (Wildman–Crippen MR) is 61.9 cm³/mol. The molecule has 94 valence electrons. The number of hydrogen-bond acceptors (Lipinski definition) is 3. The van der Waals surface area contributed by atoms with Gasteiger partial charge in [-0.15, -0.1) is 0 Å². The van der Waals surface area contributed by atoms with Crippen LogP contribution in [0.4, 0.5) is 0 Å². The van der Waals surface area contributed by atoms with Gasteiger partial charge in [-0.25, -0.2) is 0 Å². The van der Waals surface area contributed by atoms with Crippen LogP contribution in [-0.2, 0) is 9.59 Å². The van der Waals surface area contributed by atoms with Gasteiger partial charge in [0.05, 0.1) is 0 Å². The molecule has 0 aliphatic carbocycles. The van der Waals surface area contributed by atoms with E-state index in [0.717, 1.165) is 12.8 Å². The molecule has 0 bridgehead atoms. The van der Waals surface area contributed by atoms with E-state index in [1.54, 1.807) is 0 Å². The first kappa shape index (κ1) is 14.9. The number of hydrogen-bond donors (Lipinski definition) is 3. The Morgan fingerprint density at radius 3 is 2.44 bits per heavy atom. The van der Waals surface area contributed by atoms with E-state index in [1.807, 2.05) is 13.8 Å². The highest BCUT2D eigenvalue weighted by Gasteiger charge is 2.15. The van der Waals surface area contributed by atoms with Gasteiger partial charge in [-0.1, -0.05) is 6.92 Å². The zero-order valence-electron chi connectivity index (χ0n) is 10.0. The van der Waals surface area contributed by atoms with Gasteiger partial charge in [-0.05, 0) is 32.7 Å². The van der Waals surface area contributed by atoms with Crippen molar-refractivity contribution in [2.24, 2.45) is 11.7 Å². The molecular weight excluding hydrogens is 208 g/mol. The molecular formula is C11H22N2O3. The van der Waals surface area contributed by atoms with Gasteiger partial charge < -0.3 is 16.2 Å². The van der Waals surface area contributed by atoms with Crippen molar-refractivity contribution >= 4 is 11.9 Å². The molecule has 0 heterocycles. The number of nitrogens with one attached hydrogen (secondary N) is 1. The second-order valence-corrected chi connectivity index (χ2v) is 4.17. The Bertz CT molecular complexity index is 231. The summed E-state index contributed by atoms with van der Waals surface area (Å²) in [6.45, 7) is 4.26. The monoisotopic (exact) mass is 230 g/mol. The second kappa shape index (κ2) is 8.10. The van der Waals surface area contributed by atoms with Crippen LogP contribution in [0.1, 0.15) is 39.5 Å². The Kier molecular flexibility index (Phi) is 7.54. The highest BCUT2D eigenvalue weighted by Crippen LogP contribution is 2.06. The molecule has 0 rings (SSSR count). The van der Waals surface area contributed by atoms with Crippen LogP contribution in [0, 0.1) is 5.92 Å². The average molecular weight is 230 g/mol. The molecule has 5 nitrogen and oxygen atoms in total. The molecule has 1 amide bonds. The lowest BCUT2D eigenvalue weighted by Crippen LogP contribution is -2.36. The van der Waals surface area contributed by atoms with Crippen molar-refractivity contribution in [1.29, 1.82) is 0 Å². The van der Waals surface area contributed by atoms with Crippen LogP contribution < -0.4 is 11.1 Å². The fourth-order valence-electron chi connectivity index (χ4n) is 1.35. The molecule has 2 atom stereocenters. The third-order valence-electron chi connectivity index (χ3n) is 2.47. The van der Waals surface area contributed by atoms with Crippen LogP contribution in [0.15, 0.2) is 0 Å². The van der Waals surface area contributed by atoms with Gasteiger partial charge in [-0.2, -0.15) is 0 Å². The highest BCUT2D eigenvalue weighted by atomic mass is 16.4. The molecule has 0 fully saturated rings. The Labute approximate surface area is 96.4 Å². The molecule has 0 radical (unpaired) electrons. The summed E-state index contributed by atoms with van der Waals surface area (Å²) in [7, 11) is 0. The van der Waals surface area contributed by atoms with Crippen molar-refractivity contribution in [3.63, 3.8) is 0 Å². The molecule has 0 saturated heterocycles. The smallest absolute Gasteiger partial charge is 0.303 e. The minimum Gasteiger partial charge on any atom is -0.481 e. The van der Waals surface area contributed by atoms with Crippen molar-refractivity contribution in [2.45, 2.75) is 45.6 Å². The lowest BCUT2D eigenvalue weighted by molar-refractivity contribution is -0.137. The summed E-state index contributed by atoms with van der Waals surface area (Å²) < 4.78 is 0. The first-order valence-electron chi connectivity index (χ1n) is 5.69. The van der Waals surface area contributed by atoms with E-state index >= 15 is 0 Å². The zero-order chi connectivity index (χ0) is 12.6. The van der Waals surface area contributed by atoms with Crippen molar-refractivity contribution in [2.75, 3.05) is 6.54 Å². The Morgan fingerprint density at radius 1 is 1.31 bits per heavy atom. The third kappa shape index (κ3) is 7.23. The fraction of sp³-hybridized carbons (Fsp3) is 0.818. The normalized spacial score (nSPS) is 14.2. The largest absolute Gasteiger partial charge is 0.481 e. The van der Waals surface area contributed by atoms with Crippen LogP contribution in [0.3, 0.4) is 0 Å². The number of rotatable bonds is 8. The standard InChI is InChI=1S/C11H22N2O3/c1-8(4-3-7-12)11(16)13-9(2)5-6-10(14)15/h8-9H,3-7,12H2,1-2H3,(H,13,16)(H,14,15). The summed E-state index contributed by atoms with van der Waals surface area (Å²) in [6, 6.07) is -0.0936. The maximum absolute atomic E-state index is 11.6. The van der Waals surface area contributed by atoms with Gasteiger partial charge in [0.25, 0.3) is 0 Å². The number of amides is 1. The van der Waals surface area contributed by atoms with Crippen molar-refractivity contribution < 1.29 is 14.7 Å². The summed E-state index contributed by atoms with van der Waals surface area (Å²) in [5.41, 5.74) is 5.36. The Balaban J connectivity index is 3.80. The van der Waals surface area contributed by atoms with E-state index in [0.29, 0.717) is 13.0 Å². The predicted octanol–water partition coefficient (Wildman–Crippen LogP) is 0.731. The quantitative estimate of drug-likeness (QED) is 0.573. The molecule has 0 saturated carbocycles. The molecule has 0 aromatic carbocycles. The van der Waals surface area contributed by atoms with Crippen LogP contribution in [-0.4, -0.2) is 29.6 Å². The summed E-state index contributed by atoms with van der Waals surface area (Å²) in [5, 5.41) is 11.3. The number of carboxylic acid groups (broad SMARTS) is 1. The molecule has 2 unspecified atom stereocenters. The summed E-state index contributed by atoms with van der Waals surface area (Å²) in [6.07, 6.45) is 2.15. The van der Waals surface area contributed by atoms with Gasteiger partial charge in [0.2, 0.25) is 5.91 Å². The molecule has 0 aromatic heterocycles. The van der Waals surface area contributed by atoms with Gasteiger partial charge in [0, 0.05) is 18.4 Å². The molecule has 0 aliphatic rings. The van der Waals surface area contributed by atoms with E-state index in [4.69, 9.17) is 10.8 Å². The molecule has 4 N–H and O–H groups in total. The first-order valence-corrected chi connectivity index (χ1v) is 5.69. The van der Waals surface area contributed by atoms with Crippen LogP contribution >= 0.6 is 0 Å². The minimum absolute atomic E-state index is 0.0219. The lowest BCUT2D eigenvalue weighted by Gasteiger charge is -2.16. The third-order valence-corrected chi connectivity index (χ3v) is 2.47. The first-order chi connectivity index (χ1) is 7.47. The summed E-state index contributed by atoms with van der Waals surface area (Å²) >= 11 is 0. The van der Waals surface area contributed by atoms with Gasteiger partial charge in [0.1, 0.15) is 0 Å². The Morgan fingerprint density at radius 2 is 1.94 bits per heavy atom. The van der Waals surface area contributed by atoms with E-state index < -0.39 is 5.97 Å². The highest BCUT2D eigenvalue weighted by molar-refractivity contribution is 5.78. The maximum atomic E-state index is 11.6. The van der Waals surface area contributed by atoms with E-state index in [9.17, 15) is 9.59 Å². The molecule has 0 aliphatic heterocycles. The zero-order valence-corrected chi connectivity index (χ0v) is 10.0. The van der Waals surface area contributed by atoms with E-state index in [-0.39, 0.29) is 24.3 Å². The number of nitrogens with two attached hydrogens (primary N) is 1. The van der Waals surface area contributed by atoms with Crippen LogP contribution in [0.2, 0.25) is 0 Å². The number of carbonyl (C=O) groups is 2. The van der Waals surface area contributed by atoms with E-state index in [1.165, 1.54) is 0 Å². The minimum atomic E-state index is -0.836. The van der Waals surface area contributed by atoms with Crippen molar-refractivity contribution in [3.8, 4) is 0 Å². The molecule has 0 spiro atoms.